The van der Waals surface area contributed by atoms with E-state index in [2.05, 4.69) is 26.0 Å². The Hall–Kier alpha value is -1.31. The van der Waals surface area contributed by atoms with Crippen molar-refractivity contribution < 1.29 is 12.8 Å². The smallest absolute Gasteiger partial charge is 0.295 e. The number of anilines is 1. The molecule has 0 aliphatic heterocycles. The molecule has 0 amide bonds. The van der Waals surface area contributed by atoms with Crippen LogP contribution in [0.5, 0.6) is 0 Å². The molecule has 0 aliphatic carbocycles. The fourth-order valence-corrected chi connectivity index (χ4v) is 2.93. The van der Waals surface area contributed by atoms with Gasteiger partial charge in [0.2, 0.25) is 5.09 Å². The highest BCUT2D eigenvalue weighted by Crippen LogP contribution is 2.21. The maximum absolute atomic E-state index is 12.1. The lowest BCUT2D eigenvalue weighted by molar-refractivity contribution is 0.408. The number of sulfonamides is 1. The monoisotopic (exact) mass is 344 g/mol. The van der Waals surface area contributed by atoms with Gasteiger partial charge in [-0.1, -0.05) is 22.0 Å². The molecule has 0 atom stereocenters. The molecular formula is C12H13BrN2O3S. The molecule has 0 bridgehead atoms. The molecule has 0 radical (unpaired) electrons. The first kappa shape index (κ1) is 14.1. The zero-order valence-corrected chi connectivity index (χ0v) is 12.6. The van der Waals surface area contributed by atoms with E-state index in [0.29, 0.717) is 18.0 Å². The molecule has 1 aromatic carbocycles. The van der Waals surface area contributed by atoms with Crippen LogP contribution in [0, 0.1) is 0 Å². The molecule has 102 valence electrons. The third kappa shape index (κ3) is 3.59. The Labute approximate surface area is 120 Å². The van der Waals surface area contributed by atoms with Crippen LogP contribution in [-0.4, -0.2) is 15.5 Å². The number of benzene rings is 1. The van der Waals surface area contributed by atoms with Crippen LogP contribution in [0.25, 0.3) is 0 Å². The third-order valence-electron chi connectivity index (χ3n) is 2.33. The summed E-state index contributed by atoms with van der Waals surface area (Å²) in [5.41, 5.74) is 0.473. The van der Waals surface area contributed by atoms with Gasteiger partial charge in [0.05, 0.1) is 12.2 Å². The van der Waals surface area contributed by atoms with Crippen LogP contribution in [-0.2, 0) is 16.6 Å². The summed E-state index contributed by atoms with van der Waals surface area (Å²) in [5, 5.41) is 2.79. The lowest BCUT2D eigenvalue weighted by Gasteiger charge is -2.05. The van der Waals surface area contributed by atoms with E-state index in [4.69, 9.17) is 4.42 Å². The summed E-state index contributed by atoms with van der Waals surface area (Å²) in [6, 6.07) is 9.97. The molecular weight excluding hydrogens is 332 g/mol. The summed E-state index contributed by atoms with van der Waals surface area (Å²) in [7, 11) is -1.93. The van der Waals surface area contributed by atoms with Crippen molar-refractivity contribution in [1.29, 1.82) is 0 Å². The highest BCUT2D eigenvalue weighted by Gasteiger charge is 2.18. The Morgan fingerprint density at radius 2 is 2.05 bits per heavy atom. The first-order chi connectivity index (χ1) is 9.01. The van der Waals surface area contributed by atoms with Gasteiger partial charge in [0, 0.05) is 4.47 Å². The van der Waals surface area contributed by atoms with Crippen LogP contribution < -0.4 is 10.0 Å². The van der Waals surface area contributed by atoms with Gasteiger partial charge < -0.3 is 9.73 Å². The lowest BCUT2D eigenvalue weighted by atomic mass is 10.3. The molecule has 0 saturated carbocycles. The predicted octanol–water partition coefficient (Wildman–Crippen LogP) is 2.56. The first-order valence-electron chi connectivity index (χ1n) is 5.53. The van der Waals surface area contributed by atoms with Gasteiger partial charge in [0.15, 0.2) is 0 Å². The number of halogens is 1. The number of rotatable bonds is 5. The highest BCUT2D eigenvalue weighted by atomic mass is 79.9. The molecule has 0 saturated heterocycles. The SMILES string of the molecule is CNCc1ccc(S(=O)(=O)Nc2cccc(Br)c2)o1. The standard InChI is InChI=1S/C12H13BrN2O3S/c1-14-8-11-5-6-12(18-11)19(16,17)15-10-4-2-3-9(13)7-10/h2-7,14-15H,8H2,1H3. The quantitative estimate of drug-likeness (QED) is 0.874. The zero-order valence-electron chi connectivity index (χ0n) is 10.2. The van der Waals surface area contributed by atoms with E-state index in [1.807, 2.05) is 6.07 Å². The average molecular weight is 345 g/mol. The Kier molecular flexibility index (Phi) is 4.28. The van der Waals surface area contributed by atoms with Crippen LogP contribution in [0.15, 0.2) is 50.4 Å². The van der Waals surface area contributed by atoms with Gasteiger partial charge in [0.1, 0.15) is 5.76 Å². The van der Waals surface area contributed by atoms with Gasteiger partial charge in [-0.25, -0.2) is 0 Å². The Balaban J connectivity index is 2.22. The average Bonchev–Trinajstić information content (AvgIpc) is 2.78. The summed E-state index contributed by atoms with van der Waals surface area (Å²) in [4.78, 5) is 0. The molecule has 0 unspecified atom stereocenters. The van der Waals surface area contributed by atoms with E-state index in [-0.39, 0.29) is 5.09 Å². The minimum Gasteiger partial charge on any atom is -0.446 e. The van der Waals surface area contributed by atoms with E-state index < -0.39 is 10.0 Å². The molecule has 0 fully saturated rings. The van der Waals surface area contributed by atoms with Crippen LogP contribution in [0.4, 0.5) is 5.69 Å². The molecule has 2 rings (SSSR count). The van der Waals surface area contributed by atoms with Gasteiger partial charge in [-0.05, 0) is 37.4 Å². The number of hydrogen-bond donors (Lipinski definition) is 2. The summed E-state index contributed by atoms with van der Waals surface area (Å²) in [6.45, 7) is 0.479. The van der Waals surface area contributed by atoms with Crippen molar-refractivity contribution in [3.63, 3.8) is 0 Å². The number of nitrogens with one attached hydrogen (secondary N) is 2. The fraction of sp³-hybridized carbons (Fsp3) is 0.167. The highest BCUT2D eigenvalue weighted by molar-refractivity contribution is 9.10. The predicted molar refractivity (Wildman–Crippen MR) is 76.4 cm³/mol. The van der Waals surface area contributed by atoms with Crippen molar-refractivity contribution in [3.05, 3.63) is 46.6 Å². The molecule has 5 nitrogen and oxygen atoms in total. The Bertz CT molecular complexity index is 667. The number of hydrogen-bond acceptors (Lipinski definition) is 4. The van der Waals surface area contributed by atoms with Crippen molar-refractivity contribution in [2.24, 2.45) is 0 Å². The third-order valence-corrected chi connectivity index (χ3v) is 4.08. The molecule has 0 spiro atoms. The van der Waals surface area contributed by atoms with Crippen molar-refractivity contribution >= 4 is 31.6 Å². The van der Waals surface area contributed by atoms with Crippen LogP contribution in [0.2, 0.25) is 0 Å². The fourth-order valence-electron chi connectivity index (χ4n) is 1.53. The van der Waals surface area contributed by atoms with E-state index in [1.54, 1.807) is 31.3 Å². The summed E-state index contributed by atoms with van der Waals surface area (Å²) < 4.78 is 32.7. The topological polar surface area (TPSA) is 71.3 Å². The minimum atomic E-state index is -3.69. The molecule has 1 heterocycles. The molecule has 0 aliphatic rings. The minimum absolute atomic E-state index is 0.0993. The van der Waals surface area contributed by atoms with Crippen LogP contribution >= 0.6 is 15.9 Å². The van der Waals surface area contributed by atoms with Gasteiger partial charge in [0.25, 0.3) is 10.0 Å². The van der Waals surface area contributed by atoms with E-state index in [1.165, 1.54) is 6.07 Å². The molecule has 2 aromatic rings. The van der Waals surface area contributed by atoms with Gasteiger partial charge >= 0.3 is 0 Å². The van der Waals surface area contributed by atoms with Gasteiger partial charge in [-0.3, -0.25) is 4.72 Å². The number of furan rings is 1. The summed E-state index contributed by atoms with van der Waals surface area (Å²) in [5.74, 6) is 0.567. The van der Waals surface area contributed by atoms with Crippen molar-refractivity contribution in [1.82, 2.24) is 5.32 Å². The summed E-state index contributed by atoms with van der Waals surface area (Å²) >= 11 is 3.28. The second-order valence-electron chi connectivity index (χ2n) is 3.87. The zero-order chi connectivity index (χ0) is 13.9. The van der Waals surface area contributed by atoms with E-state index >= 15 is 0 Å². The van der Waals surface area contributed by atoms with Crippen LogP contribution in [0.1, 0.15) is 5.76 Å². The second-order valence-corrected chi connectivity index (χ2v) is 6.40. The maximum atomic E-state index is 12.1. The largest absolute Gasteiger partial charge is 0.446 e. The first-order valence-corrected chi connectivity index (χ1v) is 7.80. The van der Waals surface area contributed by atoms with Crippen molar-refractivity contribution in [3.8, 4) is 0 Å². The van der Waals surface area contributed by atoms with Crippen LogP contribution in [0.3, 0.4) is 0 Å². The molecule has 2 N–H and O–H groups in total. The lowest BCUT2D eigenvalue weighted by Crippen LogP contribution is -2.12. The van der Waals surface area contributed by atoms with Crippen molar-refractivity contribution in [2.75, 3.05) is 11.8 Å². The Morgan fingerprint density at radius 3 is 2.74 bits per heavy atom. The van der Waals surface area contributed by atoms with Crippen molar-refractivity contribution in [2.45, 2.75) is 11.6 Å². The van der Waals surface area contributed by atoms with E-state index in [9.17, 15) is 8.42 Å². The Morgan fingerprint density at radius 1 is 1.26 bits per heavy atom. The molecule has 7 heteroatoms. The molecule has 19 heavy (non-hydrogen) atoms. The maximum Gasteiger partial charge on any atom is 0.295 e. The van der Waals surface area contributed by atoms with Gasteiger partial charge in [-0.2, -0.15) is 8.42 Å². The second kappa shape index (κ2) is 5.77. The normalized spacial score (nSPS) is 11.5. The molecule has 1 aromatic heterocycles. The summed E-state index contributed by atoms with van der Waals surface area (Å²) in [6.07, 6.45) is 0. The van der Waals surface area contributed by atoms with Gasteiger partial charge in [-0.15, -0.1) is 0 Å². The van der Waals surface area contributed by atoms with E-state index in [0.717, 1.165) is 4.47 Å².